The van der Waals surface area contributed by atoms with E-state index in [1.165, 1.54) is 23.1 Å². The fraction of sp³-hybridized carbons (Fsp3) is 0.455. The molecule has 1 unspecified atom stereocenters. The van der Waals surface area contributed by atoms with Crippen molar-refractivity contribution in [1.82, 2.24) is 15.8 Å². The molecule has 2 amide bonds. The van der Waals surface area contributed by atoms with Crippen molar-refractivity contribution in [2.75, 3.05) is 5.75 Å². The molecule has 114 valence electrons. The first-order chi connectivity index (χ1) is 10.1. The topological polar surface area (TPSA) is 113 Å². The molecule has 3 N–H and O–H groups in total. The van der Waals surface area contributed by atoms with Gasteiger partial charge in [-0.1, -0.05) is 11.8 Å². The molecular weight excluding hydrogens is 316 g/mol. The largest absolute Gasteiger partial charge is 0.443 e. The molecule has 8 nitrogen and oxygen atoms in total. The number of amides is 2. The number of hydrogen-bond acceptors (Lipinski definition) is 8. The minimum Gasteiger partial charge on any atom is -0.443 e. The fourth-order valence-electron chi connectivity index (χ4n) is 1.57. The third-order valence-corrected chi connectivity index (χ3v) is 4.59. The molecule has 2 rings (SSSR count). The van der Waals surface area contributed by atoms with Crippen LogP contribution in [0.15, 0.2) is 10.5 Å². The maximum atomic E-state index is 11.6. The van der Waals surface area contributed by atoms with E-state index < -0.39 is 12.0 Å². The Hall–Kier alpha value is -1.65. The molecule has 21 heavy (non-hydrogen) atoms. The lowest BCUT2D eigenvalue weighted by Crippen LogP contribution is -2.28. The lowest BCUT2D eigenvalue weighted by molar-refractivity contribution is -0.129. The van der Waals surface area contributed by atoms with Crippen LogP contribution < -0.4 is 10.8 Å². The average molecular weight is 330 g/mol. The van der Waals surface area contributed by atoms with Gasteiger partial charge in [-0.2, -0.15) is 0 Å². The maximum Gasteiger partial charge on any atom is 0.413 e. The van der Waals surface area contributed by atoms with Crippen LogP contribution >= 0.6 is 23.1 Å². The number of aromatic nitrogens is 1. The van der Waals surface area contributed by atoms with Crippen LogP contribution in [0.2, 0.25) is 0 Å². The second-order valence-electron chi connectivity index (χ2n) is 4.20. The highest BCUT2D eigenvalue weighted by Gasteiger charge is 2.22. The maximum absolute atomic E-state index is 11.6. The van der Waals surface area contributed by atoms with Gasteiger partial charge in [-0.05, 0) is 6.92 Å². The molecule has 0 saturated carbocycles. The lowest BCUT2D eigenvalue weighted by atomic mass is 10.2. The van der Waals surface area contributed by atoms with Crippen molar-refractivity contribution in [3.63, 3.8) is 0 Å². The number of hydrogen-bond donors (Lipinski definition) is 3. The molecule has 0 radical (unpaired) electrons. The summed E-state index contributed by atoms with van der Waals surface area (Å²) < 4.78 is 5.07. The Morgan fingerprint density at radius 3 is 3.05 bits per heavy atom. The Morgan fingerprint density at radius 1 is 1.57 bits per heavy atom. The molecular formula is C11H14N4O4S2. The van der Waals surface area contributed by atoms with Gasteiger partial charge in [-0.3, -0.25) is 20.3 Å². The molecule has 0 aliphatic carbocycles. The van der Waals surface area contributed by atoms with Gasteiger partial charge in [0.25, 0.3) is 0 Å². The summed E-state index contributed by atoms with van der Waals surface area (Å²) in [5.74, 6) is 0.0608. The molecule has 1 aromatic heterocycles. The molecule has 0 bridgehead atoms. The summed E-state index contributed by atoms with van der Waals surface area (Å²) in [6.07, 6.45) is -0.523. The predicted molar refractivity (Wildman–Crippen MR) is 78.4 cm³/mol. The summed E-state index contributed by atoms with van der Waals surface area (Å²) in [6.45, 7) is 2.01. The van der Waals surface area contributed by atoms with Crippen molar-refractivity contribution in [2.24, 2.45) is 4.99 Å². The van der Waals surface area contributed by atoms with Crippen molar-refractivity contribution in [2.45, 2.75) is 26.0 Å². The van der Waals surface area contributed by atoms with Gasteiger partial charge in [0.05, 0.1) is 28.5 Å². The molecule has 0 saturated heterocycles. The van der Waals surface area contributed by atoms with Crippen LogP contribution in [0.25, 0.3) is 0 Å². The van der Waals surface area contributed by atoms with E-state index in [0.29, 0.717) is 10.9 Å². The standard InChI is InChI=1S/C11H14N4O4S2/c1-6-8(21-5-12-6)3-19-11(17)14-10-13-7(4-20-10)2-9(16)15-18/h5,7,18H,2-4H2,1H3,(H,15,16)(H,13,14,17). The van der Waals surface area contributed by atoms with Gasteiger partial charge >= 0.3 is 6.09 Å². The van der Waals surface area contributed by atoms with Crippen LogP contribution in [0.4, 0.5) is 4.79 Å². The number of nitrogens with one attached hydrogen (secondary N) is 2. The normalized spacial score (nSPS) is 17.2. The van der Waals surface area contributed by atoms with E-state index in [4.69, 9.17) is 9.94 Å². The number of hydroxylamine groups is 1. The van der Waals surface area contributed by atoms with Crippen LogP contribution in [-0.2, 0) is 16.1 Å². The number of thiazole rings is 1. The number of rotatable bonds is 4. The van der Waals surface area contributed by atoms with Crippen molar-refractivity contribution in [3.05, 3.63) is 16.1 Å². The SMILES string of the molecule is Cc1ncsc1COC(=O)NC1=NC(CC(=O)NO)CS1. The summed E-state index contributed by atoms with van der Waals surface area (Å²) >= 11 is 2.75. The first-order valence-corrected chi connectivity index (χ1v) is 7.91. The predicted octanol–water partition coefficient (Wildman–Crippen LogP) is 1.04. The fourth-order valence-corrected chi connectivity index (χ4v) is 3.18. The highest BCUT2D eigenvalue weighted by atomic mass is 32.2. The monoisotopic (exact) mass is 330 g/mol. The number of ether oxygens (including phenoxy) is 1. The zero-order valence-electron chi connectivity index (χ0n) is 11.2. The third kappa shape index (κ3) is 4.69. The number of carbonyl (C=O) groups is 2. The molecule has 10 heteroatoms. The average Bonchev–Trinajstić information content (AvgIpc) is 3.05. The summed E-state index contributed by atoms with van der Waals surface area (Å²) in [7, 11) is 0. The molecule has 1 aromatic rings. The summed E-state index contributed by atoms with van der Waals surface area (Å²) in [5, 5.41) is 11.4. The highest BCUT2D eigenvalue weighted by Crippen LogP contribution is 2.19. The van der Waals surface area contributed by atoms with Crippen LogP contribution in [0.5, 0.6) is 0 Å². The van der Waals surface area contributed by atoms with Crippen molar-refractivity contribution >= 4 is 40.3 Å². The van der Waals surface area contributed by atoms with Crippen molar-refractivity contribution in [3.8, 4) is 0 Å². The Bertz CT molecular complexity index is 560. The van der Waals surface area contributed by atoms with E-state index in [1.807, 2.05) is 6.92 Å². The highest BCUT2D eigenvalue weighted by molar-refractivity contribution is 8.14. The number of nitrogens with zero attached hydrogens (tertiary/aromatic N) is 2. The smallest absolute Gasteiger partial charge is 0.413 e. The van der Waals surface area contributed by atoms with E-state index in [9.17, 15) is 9.59 Å². The molecule has 0 aromatic carbocycles. The molecule has 2 heterocycles. The van der Waals surface area contributed by atoms with Crippen molar-refractivity contribution in [1.29, 1.82) is 0 Å². The van der Waals surface area contributed by atoms with Crippen molar-refractivity contribution < 1.29 is 19.5 Å². The second-order valence-corrected chi connectivity index (χ2v) is 6.15. The Kier molecular flexibility index (Phi) is 5.53. The van der Waals surface area contributed by atoms with Gasteiger partial charge in [0.1, 0.15) is 6.61 Å². The Labute approximate surface area is 129 Å². The van der Waals surface area contributed by atoms with Gasteiger partial charge in [0.2, 0.25) is 5.91 Å². The number of carbonyl (C=O) groups excluding carboxylic acids is 2. The number of aryl methyl sites for hydroxylation is 1. The van der Waals surface area contributed by atoms with Crippen LogP contribution in [0.3, 0.4) is 0 Å². The van der Waals surface area contributed by atoms with Crippen LogP contribution in [0, 0.1) is 6.92 Å². The van der Waals surface area contributed by atoms with Crippen LogP contribution in [-0.4, -0.2) is 39.2 Å². The lowest BCUT2D eigenvalue weighted by Gasteiger charge is -2.05. The Balaban J connectivity index is 1.77. The number of amidine groups is 1. The number of thioether (sulfide) groups is 1. The molecule has 1 aliphatic heterocycles. The third-order valence-electron chi connectivity index (χ3n) is 2.65. The molecule has 0 spiro atoms. The molecule has 0 fully saturated rings. The zero-order chi connectivity index (χ0) is 15.2. The van der Waals surface area contributed by atoms with E-state index in [-0.39, 0.29) is 19.1 Å². The van der Waals surface area contributed by atoms with E-state index in [0.717, 1.165) is 10.6 Å². The molecule has 1 aliphatic rings. The number of aliphatic imine (C=N–C) groups is 1. The first-order valence-electron chi connectivity index (χ1n) is 6.04. The van der Waals surface area contributed by atoms with Gasteiger partial charge in [-0.25, -0.2) is 15.3 Å². The van der Waals surface area contributed by atoms with E-state index >= 15 is 0 Å². The van der Waals surface area contributed by atoms with Gasteiger partial charge in [-0.15, -0.1) is 11.3 Å². The minimum atomic E-state index is -0.596. The number of alkyl carbamates (subject to hydrolysis) is 1. The minimum absolute atomic E-state index is 0.0732. The van der Waals surface area contributed by atoms with Gasteiger partial charge in [0.15, 0.2) is 5.17 Å². The molecule has 1 atom stereocenters. The summed E-state index contributed by atoms with van der Waals surface area (Å²) in [5.41, 5.74) is 4.09. The van der Waals surface area contributed by atoms with E-state index in [1.54, 1.807) is 11.0 Å². The Morgan fingerprint density at radius 2 is 2.38 bits per heavy atom. The van der Waals surface area contributed by atoms with E-state index in [2.05, 4.69) is 15.3 Å². The quantitative estimate of drug-likeness (QED) is 0.562. The van der Waals surface area contributed by atoms with Gasteiger partial charge in [0, 0.05) is 5.75 Å². The second kappa shape index (κ2) is 7.38. The first kappa shape index (κ1) is 15.7. The summed E-state index contributed by atoms with van der Waals surface area (Å²) in [4.78, 5) is 31.8. The zero-order valence-corrected chi connectivity index (χ0v) is 12.8. The summed E-state index contributed by atoms with van der Waals surface area (Å²) in [6, 6.07) is -0.263. The van der Waals surface area contributed by atoms with Crippen LogP contribution in [0.1, 0.15) is 17.0 Å². The van der Waals surface area contributed by atoms with Gasteiger partial charge < -0.3 is 4.74 Å².